The molecule has 1 rings (SSSR count). The molecular formula is C13H16FNO2. The third-order valence-electron chi connectivity index (χ3n) is 2.65. The molecule has 0 bridgehead atoms. The molecule has 0 aliphatic carbocycles. The van der Waals surface area contributed by atoms with E-state index in [1.807, 2.05) is 6.07 Å². The second-order valence-electron chi connectivity index (χ2n) is 4.10. The van der Waals surface area contributed by atoms with Crippen molar-refractivity contribution in [3.05, 3.63) is 35.1 Å². The summed E-state index contributed by atoms with van der Waals surface area (Å²) >= 11 is 0. The summed E-state index contributed by atoms with van der Waals surface area (Å²) in [5.41, 5.74) is 0.983. The number of nitriles is 1. The standard InChI is InChI=1S/C13H16FNO2/c1-8-4-5-11(6-12(8)14)13(7-15)17-10(3)9(2)16/h4-6,9-10,13,16H,1-3H3. The average Bonchev–Trinajstić information content (AvgIpc) is 2.29. The van der Waals surface area contributed by atoms with Crippen molar-refractivity contribution in [3.63, 3.8) is 0 Å². The lowest BCUT2D eigenvalue weighted by Crippen LogP contribution is -2.24. The Balaban J connectivity index is 2.87. The molecule has 0 aliphatic rings. The molecule has 1 aromatic carbocycles. The monoisotopic (exact) mass is 237 g/mol. The Labute approximate surface area is 100 Å². The van der Waals surface area contributed by atoms with Crippen LogP contribution in [0.5, 0.6) is 0 Å². The van der Waals surface area contributed by atoms with Crippen molar-refractivity contribution in [2.75, 3.05) is 0 Å². The Kier molecular flexibility index (Phi) is 4.62. The molecule has 1 N–H and O–H groups in total. The van der Waals surface area contributed by atoms with Crippen LogP contribution in [0.2, 0.25) is 0 Å². The van der Waals surface area contributed by atoms with E-state index in [9.17, 15) is 9.50 Å². The molecule has 3 atom stereocenters. The maximum absolute atomic E-state index is 13.4. The number of aryl methyl sites for hydroxylation is 1. The third kappa shape index (κ3) is 3.52. The van der Waals surface area contributed by atoms with E-state index in [1.54, 1.807) is 32.9 Å². The number of ether oxygens (including phenoxy) is 1. The Bertz CT molecular complexity index is 426. The van der Waals surface area contributed by atoms with Gasteiger partial charge in [-0.1, -0.05) is 12.1 Å². The molecule has 1 aromatic rings. The van der Waals surface area contributed by atoms with E-state index < -0.39 is 18.3 Å². The highest BCUT2D eigenvalue weighted by Crippen LogP contribution is 2.21. The Hall–Kier alpha value is -1.44. The van der Waals surface area contributed by atoms with E-state index in [-0.39, 0.29) is 5.82 Å². The fourth-order valence-electron chi connectivity index (χ4n) is 1.28. The maximum atomic E-state index is 13.4. The van der Waals surface area contributed by atoms with Gasteiger partial charge in [0.1, 0.15) is 5.82 Å². The van der Waals surface area contributed by atoms with Crippen LogP contribution in [0, 0.1) is 24.1 Å². The number of benzene rings is 1. The van der Waals surface area contributed by atoms with Gasteiger partial charge in [-0.2, -0.15) is 5.26 Å². The zero-order chi connectivity index (χ0) is 13.0. The number of aliphatic hydroxyl groups excluding tert-OH is 1. The minimum atomic E-state index is -0.866. The summed E-state index contributed by atoms with van der Waals surface area (Å²) in [6.07, 6.45) is -2.03. The molecule has 17 heavy (non-hydrogen) atoms. The van der Waals surface area contributed by atoms with Gasteiger partial charge >= 0.3 is 0 Å². The number of hydrogen-bond donors (Lipinski definition) is 1. The lowest BCUT2D eigenvalue weighted by Gasteiger charge is -2.19. The molecule has 0 radical (unpaired) electrons. The van der Waals surface area contributed by atoms with Gasteiger partial charge in [-0.15, -0.1) is 0 Å². The van der Waals surface area contributed by atoms with Gasteiger partial charge in [0.25, 0.3) is 0 Å². The van der Waals surface area contributed by atoms with Crippen LogP contribution in [0.15, 0.2) is 18.2 Å². The molecule has 0 aromatic heterocycles. The average molecular weight is 237 g/mol. The van der Waals surface area contributed by atoms with E-state index in [2.05, 4.69) is 0 Å². The third-order valence-corrected chi connectivity index (χ3v) is 2.65. The zero-order valence-electron chi connectivity index (χ0n) is 10.1. The molecule has 0 saturated heterocycles. The highest BCUT2D eigenvalue weighted by molar-refractivity contribution is 5.27. The van der Waals surface area contributed by atoms with E-state index in [0.717, 1.165) is 0 Å². The molecule has 0 fully saturated rings. The molecule has 0 aliphatic heterocycles. The molecule has 0 saturated carbocycles. The summed E-state index contributed by atoms with van der Waals surface area (Å²) in [5.74, 6) is -0.365. The van der Waals surface area contributed by atoms with Crippen molar-refractivity contribution in [1.82, 2.24) is 0 Å². The Morgan fingerprint density at radius 3 is 2.53 bits per heavy atom. The van der Waals surface area contributed by atoms with Crippen molar-refractivity contribution < 1.29 is 14.2 Å². The van der Waals surface area contributed by atoms with Crippen LogP contribution in [0.3, 0.4) is 0 Å². The summed E-state index contributed by atoms with van der Waals surface area (Å²) in [6, 6.07) is 6.50. The highest BCUT2D eigenvalue weighted by atomic mass is 19.1. The van der Waals surface area contributed by atoms with Gasteiger partial charge in [-0.25, -0.2) is 4.39 Å². The van der Waals surface area contributed by atoms with Crippen molar-refractivity contribution in [2.24, 2.45) is 0 Å². The highest BCUT2D eigenvalue weighted by Gasteiger charge is 2.18. The lowest BCUT2D eigenvalue weighted by molar-refractivity contribution is -0.0426. The molecular weight excluding hydrogens is 221 g/mol. The maximum Gasteiger partial charge on any atom is 0.169 e. The number of nitrogens with zero attached hydrogens (tertiary/aromatic N) is 1. The van der Waals surface area contributed by atoms with Crippen LogP contribution in [0.4, 0.5) is 4.39 Å². The second-order valence-corrected chi connectivity index (χ2v) is 4.10. The first-order valence-electron chi connectivity index (χ1n) is 5.45. The van der Waals surface area contributed by atoms with Gasteiger partial charge in [0.2, 0.25) is 0 Å². The SMILES string of the molecule is Cc1ccc(C(C#N)OC(C)C(C)O)cc1F. The normalized spacial score (nSPS) is 16.0. The minimum absolute atomic E-state index is 0.365. The van der Waals surface area contributed by atoms with Crippen LogP contribution >= 0.6 is 0 Å². The van der Waals surface area contributed by atoms with Gasteiger partial charge in [-0.3, -0.25) is 0 Å². The largest absolute Gasteiger partial charge is 0.391 e. The number of halogens is 1. The first-order valence-corrected chi connectivity index (χ1v) is 5.45. The fourth-order valence-corrected chi connectivity index (χ4v) is 1.28. The number of rotatable bonds is 4. The molecule has 0 amide bonds. The first-order chi connectivity index (χ1) is 7.95. The number of hydrogen-bond acceptors (Lipinski definition) is 3. The topological polar surface area (TPSA) is 53.2 Å². The van der Waals surface area contributed by atoms with Crippen molar-refractivity contribution in [1.29, 1.82) is 5.26 Å². The van der Waals surface area contributed by atoms with Gasteiger partial charge in [-0.05, 0) is 38.0 Å². The summed E-state index contributed by atoms with van der Waals surface area (Å²) in [6.45, 7) is 4.90. The number of aliphatic hydroxyl groups is 1. The first kappa shape index (κ1) is 13.6. The smallest absolute Gasteiger partial charge is 0.169 e. The van der Waals surface area contributed by atoms with E-state index >= 15 is 0 Å². The van der Waals surface area contributed by atoms with Crippen LogP contribution in [0.25, 0.3) is 0 Å². The zero-order valence-corrected chi connectivity index (χ0v) is 10.1. The van der Waals surface area contributed by atoms with Gasteiger partial charge < -0.3 is 9.84 Å². The van der Waals surface area contributed by atoms with Gasteiger partial charge in [0.05, 0.1) is 18.3 Å². The van der Waals surface area contributed by atoms with E-state index in [1.165, 1.54) is 6.07 Å². The lowest BCUT2D eigenvalue weighted by atomic mass is 10.1. The van der Waals surface area contributed by atoms with Crippen molar-refractivity contribution in [2.45, 2.75) is 39.1 Å². The van der Waals surface area contributed by atoms with Gasteiger partial charge in [0.15, 0.2) is 6.10 Å². The Morgan fingerprint density at radius 1 is 1.41 bits per heavy atom. The summed E-state index contributed by atoms with van der Waals surface area (Å²) in [7, 11) is 0. The summed E-state index contributed by atoms with van der Waals surface area (Å²) in [5, 5.41) is 18.3. The molecule has 4 heteroatoms. The molecule has 0 heterocycles. The van der Waals surface area contributed by atoms with E-state index in [4.69, 9.17) is 10.00 Å². The fraction of sp³-hybridized carbons (Fsp3) is 0.462. The van der Waals surface area contributed by atoms with Crippen LogP contribution in [0.1, 0.15) is 31.1 Å². The summed E-state index contributed by atoms with van der Waals surface area (Å²) < 4.78 is 18.7. The predicted octanol–water partition coefficient (Wildman–Crippen LogP) is 2.48. The summed E-state index contributed by atoms with van der Waals surface area (Å²) in [4.78, 5) is 0. The van der Waals surface area contributed by atoms with Gasteiger partial charge in [0, 0.05) is 0 Å². The van der Waals surface area contributed by atoms with Crippen LogP contribution in [-0.4, -0.2) is 17.3 Å². The van der Waals surface area contributed by atoms with Crippen LogP contribution in [-0.2, 0) is 4.74 Å². The van der Waals surface area contributed by atoms with Crippen molar-refractivity contribution in [3.8, 4) is 6.07 Å². The molecule has 92 valence electrons. The molecule has 0 spiro atoms. The van der Waals surface area contributed by atoms with Crippen molar-refractivity contribution >= 4 is 0 Å². The molecule has 3 nitrogen and oxygen atoms in total. The minimum Gasteiger partial charge on any atom is -0.391 e. The predicted molar refractivity (Wildman–Crippen MR) is 61.7 cm³/mol. The second kappa shape index (κ2) is 5.76. The Morgan fingerprint density at radius 2 is 2.06 bits per heavy atom. The molecule has 3 unspecified atom stereocenters. The van der Waals surface area contributed by atoms with Crippen LogP contribution < -0.4 is 0 Å². The van der Waals surface area contributed by atoms with E-state index in [0.29, 0.717) is 11.1 Å². The quantitative estimate of drug-likeness (QED) is 0.875.